The maximum absolute atomic E-state index is 3.80. The van der Waals surface area contributed by atoms with Crippen LogP contribution >= 0.6 is 31.9 Å². The maximum Gasteiger partial charge on any atom is 0.0386 e. The summed E-state index contributed by atoms with van der Waals surface area (Å²) in [5.74, 6) is 0.742. The lowest BCUT2D eigenvalue weighted by molar-refractivity contribution is 0.161. The third-order valence-electron chi connectivity index (χ3n) is 4.90. The zero-order valence-corrected chi connectivity index (χ0v) is 16.8. The second kappa shape index (κ2) is 7.14. The molecule has 1 N–H and O–H groups in total. The van der Waals surface area contributed by atoms with Crippen molar-refractivity contribution in [1.82, 2.24) is 5.32 Å². The van der Waals surface area contributed by atoms with E-state index in [-0.39, 0.29) is 0 Å². The topological polar surface area (TPSA) is 12.0 Å². The van der Waals surface area contributed by atoms with Crippen LogP contribution in [0.5, 0.6) is 0 Å². The zero-order chi connectivity index (χ0) is 15.6. The molecule has 0 aromatic heterocycles. The molecule has 1 aliphatic rings. The van der Waals surface area contributed by atoms with E-state index >= 15 is 0 Å². The average Bonchev–Trinajstić information content (AvgIpc) is 2.84. The third kappa shape index (κ3) is 3.73. The number of aryl methyl sites for hydroxylation is 1. The second-order valence-corrected chi connectivity index (χ2v) is 8.72. The van der Waals surface area contributed by atoms with E-state index in [0.29, 0.717) is 11.5 Å². The molecule has 0 amide bonds. The Labute approximate surface area is 146 Å². The van der Waals surface area contributed by atoms with Crippen LogP contribution in [0.3, 0.4) is 0 Å². The van der Waals surface area contributed by atoms with Gasteiger partial charge in [0.2, 0.25) is 0 Å². The first-order valence-electron chi connectivity index (χ1n) is 8.02. The van der Waals surface area contributed by atoms with Crippen molar-refractivity contribution >= 4 is 31.9 Å². The minimum atomic E-state index is 0.403. The highest BCUT2D eigenvalue weighted by Crippen LogP contribution is 2.52. The molecule has 1 aromatic rings. The van der Waals surface area contributed by atoms with E-state index in [2.05, 4.69) is 77.1 Å². The fourth-order valence-corrected chi connectivity index (χ4v) is 5.23. The van der Waals surface area contributed by atoms with Gasteiger partial charge in [-0.1, -0.05) is 58.5 Å². The molecule has 1 saturated carbocycles. The first-order valence-corrected chi connectivity index (χ1v) is 9.61. The van der Waals surface area contributed by atoms with Gasteiger partial charge in [0.15, 0.2) is 0 Å². The Kier molecular flexibility index (Phi) is 5.95. The fraction of sp³-hybridized carbons (Fsp3) is 0.667. The number of halogens is 2. The van der Waals surface area contributed by atoms with E-state index in [1.165, 1.54) is 52.2 Å². The normalized spacial score (nSPS) is 19.2. The van der Waals surface area contributed by atoms with Crippen LogP contribution in [-0.4, -0.2) is 7.05 Å². The van der Waals surface area contributed by atoms with Crippen molar-refractivity contribution in [3.63, 3.8) is 0 Å². The standard InChI is InChI=1S/C18H27Br2N/c1-12(2)11-18(7-5-6-8-18)17(21-4)14-10-15(19)13(3)9-16(14)20/h9-10,12,17,21H,5-8,11H2,1-4H3. The molecule has 0 spiro atoms. The minimum Gasteiger partial charge on any atom is -0.312 e. The lowest BCUT2D eigenvalue weighted by Gasteiger charge is -2.40. The van der Waals surface area contributed by atoms with Gasteiger partial charge in [0.05, 0.1) is 0 Å². The Balaban J connectivity index is 2.44. The van der Waals surface area contributed by atoms with E-state index in [4.69, 9.17) is 0 Å². The highest BCUT2D eigenvalue weighted by atomic mass is 79.9. The first kappa shape index (κ1) is 17.5. The SMILES string of the molecule is CNC(c1cc(Br)c(C)cc1Br)C1(CC(C)C)CCCC1. The van der Waals surface area contributed by atoms with Crippen molar-refractivity contribution in [3.8, 4) is 0 Å². The number of rotatable bonds is 5. The van der Waals surface area contributed by atoms with E-state index in [9.17, 15) is 0 Å². The van der Waals surface area contributed by atoms with Crippen molar-refractivity contribution in [2.45, 2.75) is 58.9 Å². The molecule has 0 radical (unpaired) electrons. The molecule has 0 aliphatic heterocycles. The van der Waals surface area contributed by atoms with E-state index in [0.717, 1.165) is 5.92 Å². The average molecular weight is 417 g/mol. The fourth-order valence-electron chi connectivity index (χ4n) is 4.18. The van der Waals surface area contributed by atoms with E-state index in [1.807, 2.05) is 0 Å². The molecule has 2 rings (SSSR count). The van der Waals surface area contributed by atoms with Gasteiger partial charge in [-0.05, 0) is 67.8 Å². The third-order valence-corrected chi connectivity index (χ3v) is 6.45. The van der Waals surface area contributed by atoms with Crippen molar-refractivity contribution in [3.05, 3.63) is 32.2 Å². The Morgan fingerprint density at radius 3 is 2.29 bits per heavy atom. The molecule has 1 aromatic carbocycles. The summed E-state index contributed by atoms with van der Waals surface area (Å²) in [6.07, 6.45) is 6.73. The molecule has 0 bridgehead atoms. The minimum absolute atomic E-state index is 0.403. The van der Waals surface area contributed by atoms with E-state index in [1.54, 1.807) is 0 Å². The van der Waals surface area contributed by atoms with Crippen LogP contribution in [0.2, 0.25) is 0 Å². The molecule has 3 heteroatoms. The number of benzene rings is 1. The van der Waals surface area contributed by atoms with Crippen molar-refractivity contribution < 1.29 is 0 Å². The largest absolute Gasteiger partial charge is 0.312 e. The van der Waals surface area contributed by atoms with Gasteiger partial charge < -0.3 is 5.32 Å². The highest BCUT2D eigenvalue weighted by Gasteiger charge is 2.42. The van der Waals surface area contributed by atoms with Gasteiger partial charge in [0.25, 0.3) is 0 Å². The molecule has 1 aliphatic carbocycles. The molecule has 0 heterocycles. The van der Waals surface area contributed by atoms with Gasteiger partial charge in [-0.25, -0.2) is 0 Å². The Bertz CT molecular complexity index is 490. The quantitative estimate of drug-likeness (QED) is 0.586. The van der Waals surface area contributed by atoms with Crippen LogP contribution in [-0.2, 0) is 0 Å². The van der Waals surface area contributed by atoms with Crippen molar-refractivity contribution in [2.24, 2.45) is 11.3 Å². The molecule has 1 atom stereocenters. The first-order chi connectivity index (χ1) is 9.89. The smallest absolute Gasteiger partial charge is 0.0386 e. The van der Waals surface area contributed by atoms with Crippen LogP contribution < -0.4 is 5.32 Å². The highest BCUT2D eigenvalue weighted by molar-refractivity contribution is 9.11. The maximum atomic E-state index is 3.80. The molecule has 1 unspecified atom stereocenters. The Hall–Kier alpha value is 0.140. The lowest BCUT2D eigenvalue weighted by Crippen LogP contribution is -2.36. The summed E-state index contributed by atoms with van der Waals surface area (Å²) in [5.41, 5.74) is 3.09. The number of hydrogen-bond donors (Lipinski definition) is 1. The molecular formula is C18H27Br2N. The Morgan fingerprint density at radius 2 is 1.76 bits per heavy atom. The molecule has 118 valence electrons. The van der Waals surface area contributed by atoms with Crippen LogP contribution in [0.4, 0.5) is 0 Å². The van der Waals surface area contributed by atoms with Gasteiger partial charge in [-0.15, -0.1) is 0 Å². The predicted molar refractivity (Wildman–Crippen MR) is 98.7 cm³/mol. The van der Waals surface area contributed by atoms with Crippen molar-refractivity contribution in [1.29, 1.82) is 0 Å². The zero-order valence-electron chi connectivity index (χ0n) is 13.6. The van der Waals surface area contributed by atoms with Gasteiger partial charge in [-0.3, -0.25) is 0 Å². The van der Waals surface area contributed by atoms with Gasteiger partial charge in [-0.2, -0.15) is 0 Å². The van der Waals surface area contributed by atoms with E-state index < -0.39 is 0 Å². The number of nitrogens with one attached hydrogen (secondary N) is 1. The van der Waals surface area contributed by atoms with Gasteiger partial charge in [0.1, 0.15) is 0 Å². The molecule has 1 fully saturated rings. The summed E-state index contributed by atoms with van der Waals surface area (Å²) in [5, 5.41) is 3.64. The van der Waals surface area contributed by atoms with Gasteiger partial charge in [0, 0.05) is 15.0 Å². The number of hydrogen-bond acceptors (Lipinski definition) is 1. The van der Waals surface area contributed by atoms with Crippen LogP contribution in [0.15, 0.2) is 21.1 Å². The van der Waals surface area contributed by atoms with Crippen LogP contribution in [0.1, 0.15) is 63.1 Å². The molecule has 1 nitrogen and oxygen atoms in total. The Morgan fingerprint density at radius 1 is 1.14 bits per heavy atom. The molecular weight excluding hydrogens is 390 g/mol. The summed E-state index contributed by atoms with van der Waals surface area (Å²) in [4.78, 5) is 0. The van der Waals surface area contributed by atoms with Gasteiger partial charge >= 0.3 is 0 Å². The summed E-state index contributed by atoms with van der Waals surface area (Å²) in [7, 11) is 2.12. The lowest BCUT2D eigenvalue weighted by atomic mass is 9.70. The summed E-state index contributed by atoms with van der Waals surface area (Å²) in [6, 6.07) is 4.97. The molecule has 0 saturated heterocycles. The second-order valence-electron chi connectivity index (χ2n) is 7.01. The predicted octanol–water partition coefficient (Wildman–Crippen LogP) is 6.39. The summed E-state index contributed by atoms with van der Waals surface area (Å²) >= 11 is 7.51. The molecule has 21 heavy (non-hydrogen) atoms. The summed E-state index contributed by atoms with van der Waals surface area (Å²) < 4.78 is 2.44. The van der Waals surface area contributed by atoms with Crippen molar-refractivity contribution in [2.75, 3.05) is 7.05 Å². The van der Waals surface area contributed by atoms with Crippen LogP contribution in [0, 0.1) is 18.3 Å². The monoisotopic (exact) mass is 415 g/mol. The summed E-state index contributed by atoms with van der Waals surface area (Å²) in [6.45, 7) is 6.85. The van der Waals surface area contributed by atoms with Crippen LogP contribution in [0.25, 0.3) is 0 Å².